The normalized spacial score (nSPS) is 14.2. The first kappa shape index (κ1) is 38.1. The van der Waals surface area contributed by atoms with Crippen LogP contribution in [0.4, 0.5) is 0 Å². The van der Waals surface area contributed by atoms with Gasteiger partial charge in [-0.1, -0.05) is 76.9 Å². The Balaban J connectivity index is -0.00000450. The van der Waals surface area contributed by atoms with E-state index in [1.165, 1.54) is 12.8 Å². The van der Waals surface area contributed by atoms with E-state index in [1.54, 1.807) is 0 Å². The van der Waals surface area contributed by atoms with Crippen LogP contribution < -0.4 is 69.3 Å². The number of aliphatic carboxylic acids is 2. The fraction of sp³-hybridized carbons (Fsp3) is 0.818. The van der Waals surface area contributed by atoms with E-state index in [2.05, 4.69) is 13.0 Å². The van der Waals surface area contributed by atoms with Crippen molar-refractivity contribution in [1.29, 1.82) is 0 Å². The number of hydrogen-bond donors (Lipinski definition) is 2. The molecule has 11 heteroatoms. The molecule has 0 fully saturated rings. The average Bonchev–Trinajstić information content (AvgIpc) is 2.67. The van der Waals surface area contributed by atoms with E-state index in [0.717, 1.165) is 51.4 Å². The zero-order valence-corrected chi connectivity index (χ0v) is 25.4. The van der Waals surface area contributed by atoms with E-state index in [1.807, 2.05) is 6.08 Å². The van der Waals surface area contributed by atoms with Gasteiger partial charge in [-0.05, 0) is 32.1 Å². The maximum atomic E-state index is 11.5. The topological polar surface area (TPSA) is 155 Å². The van der Waals surface area contributed by atoms with Crippen molar-refractivity contribution < 1.29 is 97.0 Å². The van der Waals surface area contributed by atoms with Crippen molar-refractivity contribution in [2.24, 2.45) is 0 Å². The number of rotatable bonds is 20. The number of hydrogen-bond acceptors (Lipinski definition) is 7. The molecule has 0 aromatic rings. The van der Waals surface area contributed by atoms with E-state index in [0.29, 0.717) is 12.8 Å². The second-order valence-electron chi connectivity index (χ2n) is 8.18. The second-order valence-corrected chi connectivity index (χ2v) is 9.91. The molecule has 0 bridgehead atoms. The Morgan fingerprint density at radius 1 is 0.909 bits per heavy atom. The van der Waals surface area contributed by atoms with Gasteiger partial charge in [0.1, 0.15) is 4.75 Å². The van der Waals surface area contributed by atoms with Crippen LogP contribution in [0.5, 0.6) is 0 Å². The van der Waals surface area contributed by atoms with Crippen LogP contribution in [0, 0.1) is 0 Å². The third-order valence-corrected chi connectivity index (χ3v) is 6.97. The second kappa shape index (κ2) is 21.8. The number of carbonyl (C=O) groups excluding carboxylic acids is 2. The first-order valence-electron chi connectivity index (χ1n) is 11.3. The van der Waals surface area contributed by atoms with Crippen molar-refractivity contribution in [1.82, 2.24) is 0 Å². The maximum Gasteiger partial charge on any atom is 1.00 e. The van der Waals surface area contributed by atoms with E-state index >= 15 is 0 Å². The van der Waals surface area contributed by atoms with E-state index in [-0.39, 0.29) is 71.6 Å². The molecule has 0 aliphatic heterocycles. The molecule has 0 aliphatic rings. The van der Waals surface area contributed by atoms with Gasteiger partial charge in [-0.3, -0.25) is 4.55 Å². The van der Waals surface area contributed by atoms with Crippen LogP contribution in [0.3, 0.4) is 0 Å². The zero-order valence-electron chi connectivity index (χ0n) is 20.6. The molecular formula is C22H38Na2O8S. The van der Waals surface area contributed by atoms with E-state index in [4.69, 9.17) is 0 Å². The van der Waals surface area contributed by atoms with Crippen LogP contribution in [-0.2, 0) is 19.7 Å². The number of aliphatic hydroxyl groups is 1. The van der Waals surface area contributed by atoms with Crippen LogP contribution in [0.1, 0.15) is 103 Å². The SMILES string of the molecule is CCCCCC[C@@H](O)C/C=C\CCCCCCCCC(CC(=O)[O-])(C(=O)[O-])S(=O)(=O)O.[Na+].[Na+]. The summed E-state index contributed by atoms with van der Waals surface area (Å²) in [6, 6.07) is 0. The number of carboxylic acids is 2. The molecular weight excluding hydrogens is 470 g/mol. The van der Waals surface area contributed by atoms with E-state index < -0.39 is 39.6 Å². The Labute approximate surface area is 243 Å². The third kappa shape index (κ3) is 17.6. The molecule has 0 aliphatic carbocycles. The first-order valence-corrected chi connectivity index (χ1v) is 12.7. The molecule has 8 nitrogen and oxygen atoms in total. The number of aliphatic hydroxyl groups excluding tert-OH is 1. The van der Waals surface area contributed by atoms with Gasteiger partial charge in [0.05, 0.1) is 12.1 Å². The number of unbranched alkanes of at least 4 members (excludes halogenated alkanes) is 9. The summed E-state index contributed by atoms with van der Waals surface area (Å²) in [5, 5.41) is 31.9. The Morgan fingerprint density at radius 3 is 1.97 bits per heavy atom. The molecule has 1 unspecified atom stereocenters. The van der Waals surface area contributed by atoms with E-state index in [9.17, 15) is 37.9 Å². The summed E-state index contributed by atoms with van der Waals surface area (Å²) in [5.41, 5.74) is 0. The van der Waals surface area contributed by atoms with Gasteiger partial charge in [0.2, 0.25) is 0 Å². The van der Waals surface area contributed by atoms with Crippen molar-refractivity contribution in [2.45, 2.75) is 114 Å². The monoisotopic (exact) mass is 508 g/mol. The molecule has 2 N–H and O–H groups in total. The van der Waals surface area contributed by atoms with Gasteiger partial charge in [0.15, 0.2) is 0 Å². The smallest absolute Gasteiger partial charge is 0.550 e. The Morgan fingerprint density at radius 2 is 1.45 bits per heavy atom. The minimum atomic E-state index is -5.15. The van der Waals surface area contributed by atoms with Crippen LogP contribution in [0.25, 0.3) is 0 Å². The van der Waals surface area contributed by atoms with Gasteiger partial charge in [0, 0.05) is 12.4 Å². The number of allylic oxidation sites excluding steroid dienone is 1. The van der Waals surface area contributed by atoms with Gasteiger partial charge >= 0.3 is 59.1 Å². The average molecular weight is 509 g/mol. The summed E-state index contributed by atoms with van der Waals surface area (Å²) < 4.78 is 29.3. The molecule has 0 radical (unpaired) electrons. The number of carboxylic acid groups (broad SMARTS) is 2. The molecule has 0 heterocycles. The van der Waals surface area contributed by atoms with Gasteiger partial charge in [-0.2, -0.15) is 8.42 Å². The van der Waals surface area contributed by atoms with Crippen molar-refractivity contribution in [3.05, 3.63) is 12.2 Å². The molecule has 0 amide bonds. The van der Waals surface area contributed by atoms with Crippen molar-refractivity contribution in [2.75, 3.05) is 0 Å². The number of carbonyl (C=O) groups is 2. The Bertz CT molecular complexity index is 655. The van der Waals surface area contributed by atoms with Crippen LogP contribution in [0.2, 0.25) is 0 Å². The largest absolute Gasteiger partial charge is 1.00 e. The van der Waals surface area contributed by atoms with Gasteiger partial charge in [-0.15, -0.1) is 0 Å². The molecule has 182 valence electrons. The Kier molecular flexibility index (Phi) is 25.2. The molecule has 0 aromatic heterocycles. The van der Waals surface area contributed by atoms with Crippen molar-refractivity contribution in [3.8, 4) is 0 Å². The molecule has 33 heavy (non-hydrogen) atoms. The van der Waals surface area contributed by atoms with Gasteiger partial charge in [0.25, 0.3) is 10.1 Å². The summed E-state index contributed by atoms with van der Waals surface area (Å²) in [5.74, 6) is -4.00. The van der Waals surface area contributed by atoms with Crippen LogP contribution in [-0.4, -0.2) is 40.9 Å². The summed E-state index contributed by atoms with van der Waals surface area (Å²) in [6.45, 7) is 2.16. The minimum absolute atomic E-state index is 0. The predicted octanol–water partition coefficient (Wildman–Crippen LogP) is -4.09. The fourth-order valence-corrected chi connectivity index (χ4v) is 4.41. The molecule has 0 spiro atoms. The zero-order chi connectivity index (χ0) is 23.8. The first-order chi connectivity index (χ1) is 14.6. The summed E-state index contributed by atoms with van der Waals surface area (Å²) in [6.07, 6.45) is 13.1. The maximum absolute atomic E-state index is 11.5. The molecule has 0 rings (SSSR count). The Hall–Kier alpha value is 0.550. The third-order valence-electron chi connectivity index (χ3n) is 5.46. The summed E-state index contributed by atoms with van der Waals surface area (Å²) in [4.78, 5) is 22.0. The van der Waals surface area contributed by atoms with Gasteiger partial charge in [-0.25, -0.2) is 0 Å². The minimum Gasteiger partial charge on any atom is -0.550 e. The van der Waals surface area contributed by atoms with Gasteiger partial charge < -0.3 is 24.9 Å². The molecule has 0 saturated carbocycles. The molecule has 0 aromatic carbocycles. The molecule has 2 atom stereocenters. The summed E-state index contributed by atoms with van der Waals surface area (Å²) in [7, 11) is -5.15. The summed E-state index contributed by atoms with van der Waals surface area (Å²) >= 11 is 0. The van der Waals surface area contributed by atoms with Crippen molar-refractivity contribution >= 4 is 22.1 Å². The fourth-order valence-electron chi connectivity index (χ4n) is 3.50. The standard InChI is InChI=1S/C22H40O8S.2Na/c1-2-3-4-12-15-19(23)16-13-10-8-6-5-7-9-11-14-17-22(21(26)27,18-20(24)25)31(28,29)30;;/h10,13,19,23H,2-9,11-12,14-18H2,1H3,(H,24,25)(H,26,27)(H,28,29,30);;/q;2*+1/p-2/b13-10-;;/t19-,22?;;/m1../s1. The van der Waals surface area contributed by atoms with Crippen molar-refractivity contribution in [3.63, 3.8) is 0 Å². The van der Waals surface area contributed by atoms with Crippen LogP contribution >= 0.6 is 0 Å². The molecule has 0 saturated heterocycles. The predicted molar refractivity (Wildman–Crippen MR) is 114 cm³/mol. The van der Waals surface area contributed by atoms with Crippen LogP contribution in [0.15, 0.2) is 12.2 Å². The quantitative estimate of drug-likeness (QED) is 0.0728.